The van der Waals surface area contributed by atoms with Gasteiger partial charge in [0.15, 0.2) is 0 Å². The van der Waals surface area contributed by atoms with Crippen LogP contribution in [0.4, 0.5) is 0 Å². The lowest BCUT2D eigenvalue weighted by molar-refractivity contribution is -0.154. The molecule has 0 radical (unpaired) electrons. The summed E-state index contributed by atoms with van der Waals surface area (Å²) in [6, 6.07) is 0.106. The number of hydrogen-bond donors (Lipinski definition) is 1. The van der Waals surface area contributed by atoms with Gasteiger partial charge in [0.05, 0.1) is 6.61 Å². The Morgan fingerprint density at radius 1 is 1.35 bits per heavy atom. The zero-order valence-electron chi connectivity index (χ0n) is 11.8. The Bertz CT molecular complexity index is 225. The number of carboxylic acids is 1. The molecule has 0 aromatic carbocycles. The average Bonchev–Trinajstić information content (AvgIpc) is 2.27. The summed E-state index contributed by atoms with van der Waals surface area (Å²) >= 11 is 0. The van der Waals surface area contributed by atoms with E-state index < -0.39 is 11.5 Å². The number of carboxylic acid groups (broad SMARTS) is 1. The minimum Gasteiger partial charge on any atom is -0.480 e. The first-order chi connectivity index (χ1) is 7.96. The second-order valence-corrected chi connectivity index (χ2v) is 4.75. The monoisotopic (exact) mass is 245 g/mol. The Morgan fingerprint density at radius 3 is 2.12 bits per heavy atom. The molecule has 1 atom stereocenters. The highest BCUT2D eigenvalue weighted by Crippen LogP contribution is 2.28. The highest BCUT2D eigenvalue weighted by Gasteiger charge is 2.42. The second-order valence-electron chi connectivity index (χ2n) is 4.75. The first-order valence-electron chi connectivity index (χ1n) is 6.41. The lowest BCUT2D eigenvalue weighted by Gasteiger charge is -2.41. The molecule has 1 N–H and O–H groups in total. The highest BCUT2D eigenvalue weighted by molar-refractivity contribution is 5.78. The Kier molecular flexibility index (Phi) is 7.39. The first-order valence-corrected chi connectivity index (χ1v) is 6.41. The lowest BCUT2D eigenvalue weighted by atomic mass is 9.86. The molecule has 0 heterocycles. The van der Waals surface area contributed by atoms with Gasteiger partial charge in [0, 0.05) is 13.2 Å². The van der Waals surface area contributed by atoms with Crippen LogP contribution in [-0.4, -0.2) is 48.3 Å². The van der Waals surface area contributed by atoms with Crippen LogP contribution in [0.3, 0.4) is 0 Å². The summed E-state index contributed by atoms with van der Waals surface area (Å²) in [5.41, 5.74) is -0.749. The Balaban J connectivity index is 5.04. The topological polar surface area (TPSA) is 49.8 Å². The summed E-state index contributed by atoms with van der Waals surface area (Å²) in [5.74, 6) is -0.716. The molecule has 0 fully saturated rings. The molecule has 0 amide bonds. The smallest absolute Gasteiger partial charge is 0.324 e. The number of methoxy groups -OCH3 is 1. The van der Waals surface area contributed by atoms with Crippen LogP contribution in [0.15, 0.2) is 0 Å². The molecule has 102 valence electrons. The summed E-state index contributed by atoms with van der Waals surface area (Å²) in [6.07, 6.45) is 3.11. The Morgan fingerprint density at radius 2 is 1.82 bits per heavy atom. The highest BCUT2D eigenvalue weighted by atomic mass is 16.5. The number of likely N-dealkylation sites (N-methyl/N-ethyl adjacent to an activating group) is 1. The van der Waals surface area contributed by atoms with Gasteiger partial charge in [-0.15, -0.1) is 0 Å². The van der Waals surface area contributed by atoms with E-state index in [2.05, 4.69) is 0 Å². The van der Waals surface area contributed by atoms with Gasteiger partial charge in [0.2, 0.25) is 0 Å². The number of rotatable bonds is 9. The number of carbonyl (C=O) groups is 1. The van der Waals surface area contributed by atoms with E-state index in [1.165, 1.54) is 0 Å². The van der Waals surface area contributed by atoms with Gasteiger partial charge in [-0.2, -0.15) is 0 Å². The number of nitrogens with zero attached hydrogens (tertiary/aromatic N) is 1. The maximum atomic E-state index is 11.7. The van der Waals surface area contributed by atoms with Gasteiger partial charge in [-0.3, -0.25) is 9.69 Å². The van der Waals surface area contributed by atoms with E-state index in [0.717, 1.165) is 12.8 Å². The molecule has 0 bridgehead atoms. The predicted molar refractivity (Wildman–Crippen MR) is 69.3 cm³/mol. The van der Waals surface area contributed by atoms with Crippen molar-refractivity contribution in [3.63, 3.8) is 0 Å². The van der Waals surface area contributed by atoms with E-state index >= 15 is 0 Å². The summed E-state index contributed by atoms with van der Waals surface area (Å²) < 4.78 is 5.12. The quantitative estimate of drug-likeness (QED) is 0.677. The van der Waals surface area contributed by atoms with E-state index in [9.17, 15) is 9.90 Å². The van der Waals surface area contributed by atoms with Crippen molar-refractivity contribution in [3.05, 3.63) is 0 Å². The molecule has 0 rings (SSSR count). The van der Waals surface area contributed by atoms with Crippen molar-refractivity contribution in [3.8, 4) is 0 Å². The molecule has 0 aromatic heterocycles. The standard InChI is InChI=1S/C13H27NO3/c1-6-8-13(9-7-2,12(15)16)14(4)11(3)10-17-5/h11H,6-10H2,1-5H3,(H,15,16). The SMILES string of the molecule is CCCC(CCC)(C(=O)O)N(C)C(C)COC. The summed E-state index contributed by atoms with van der Waals surface area (Å²) in [4.78, 5) is 13.6. The molecule has 0 aromatic rings. The largest absolute Gasteiger partial charge is 0.480 e. The van der Waals surface area contributed by atoms with Crippen LogP contribution in [0.2, 0.25) is 0 Å². The van der Waals surface area contributed by atoms with E-state index in [4.69, 9.17) is 4.74 Å². The summed E-state index contributed by atoms with van der Waals surface area (Å²) in [6.45, 7) is 6.62. The van der Waals surface area contributed by atoms with Crippen LogP contribution in [-0.2, 0) is 9.53 Å². The summed E-state index contributed by atoms with van der Waals surface area (Å²) in [5, 5.41) is 9.59. The zero-order chi connectivity index (χ0) is 13.5. The minimum atomic E-state index is -0.749. The average molecular weight is 245 g/mol. The van der Waals surface area contributed by atoms with Gasteiger partial charge >= 0.3 is 5.97 Å². The molecular weight excluding hydrogens is 218 g/mol. The van der Waals surface area contributed by atoms with Crippen LogP contribution in [0.25, 0.3) is 0 Å². The van der Waals surface area contributed by atoms with E-state index in [0.29, 0.717) is 19.4 Å². The van der Waals surface area contributed by atoms with Crippen LogP contribution >= 0.6 is 0 Å². The van der Waals surface area contributed by atoms with Gasteiger partial charge in [-0.05, 0) is 26.8 Å². The molecule has 0 spiro atoms. The lowest BCUT2D eigenvalue weighted by Crippen LogP contribution is -2.57. The molecule has 0 saturated heterocycles. The van der Waals surface area contributed by atoms with E-state index in [1.807, 2.05) is 32.7 Å². The fraction of sp³-hybridized carbons (Fsp3) is 0.923. The molecule has 0 aliphatic heterocycles. The van der Waals surface area contributed by atoms with Crippen LogP contribution in [0.1, 0.15) is 46.5 Å². The maximum absolute atomic E-state index is 11.7. The van der Waals surface area contributed by atoms with E-state index in [1.54, 1.807) is 7.11 Å². The number of hydrogen-bond acceptors (Lipinski definition) is 3. The predicted octanol–water partition coefficient (Wildman–Crippen LogP) is 2.38. The third-order valence-corrected chi connectivity index (χ3v) is 3.47. The van der Waals surface area contributed by atoms with Crippen molar-refractivity contribution in [1.29, 1.82) is 0 Å². The fourth-order valence-corrected chi connectivity index (χ4v) is 2.44. The molecule has 1 unspecified atom stereocenters. The Labute approximate surface area is 105 Å². The normalized spacial score (nSPS) is 14.0. The van der Waals surface area contributed by atoms with Crippen LogP contribution < -0.4 is 0 Å². The number of aliphatic carboxylic acids is 1. The van der Waals surface area contributed by atoms with Crippen molar-refractivity contribution in [2.24, 2.45) is 0 Å². The van der Waals surface area contributed by atoms with E-state index in [-0.39, 0.29) is 6.04 Å². The van der Waals surface area contributed by atoms with Crippen LogP contribution in [0, 0.1) is 0 Å². The third kappa shape index (κ3) is 3.96. The van der Waals surface area contributed by atoms with Gasteiger partial charge in [0.1, 0.15) is 5.54 Å². The summed E-state index contributed by atoms with van der Waals surface area (Å²) in [7, 11) is 3.54. The van der Waals surface area contributed by atoms with Gasteiger partial charge in [-0.25, -0.2) is 0 Å². The fourth-order valence-electron chi connectivity index (χ4n) is 2.44. The molecule has 0 saturated carbocycles. The minimum absolute atomic E-state index is 0.106. The van der Waals surface area contributed by atoms with Crippen molar-refractivity contribution < 1.29 is 14.6 Å². The Hall–Kier alpha value is -0.610. The van der Waals surface area contributed by atoms with Gasteiger partial charge < -0.3 is 9.84 Å². The molecule has 17 heavy (non-hydrogen) atoms. The van der Waals surface area contributed by atoms with Gasteiger partial charge in [-0.1, -0.05) is 26.7 Å². The molecular formula is C13H27NO3. The first kappa shape index (κ1) is 16.4. The van der Waals surface area contributed by atoms with Crippen molar-refractivity contribution in [2.45, 2.75) is 58.0 Å². The van der Waals surface area contributed by atoms with Crippen molar-refractivity contribution >= 4 is 5.97 Å². The van der Waals surface area contributed by atoms with Gasteiger partial charge in [0.25, 0.3) is 0 Å². The molecule has 4 nitrogen and oxygen atoms in total. The zero-order valence-corrected chi connectivity index (χ0v) is 11.8. The van der Waals surface area contributed by atoms with Crippen molar-refractivity contribution in [1.82, 2.24) is 4.90 Å². The molecule has 4 heteroatoms. The van der Waals surface area contributed by atoms with Crippen LogP contribution in [0.5, 0.6) is 0 Å². The third-order valence-electron chi connectivity index (χ3n) is 3.47. The molecule has 0 aliphatic rings. The number of ether oxygens (including phenoxy) is 1. The maximum Gasteiger partial charge on any atom is 0.324 e. The second kappa shape index (κ2) is 7.67. The van der Waals surface area contributed by atoms with Crippen molar-refractivity contribution in [2.75, 3.05) is 20.8 Å². The molecule has 0 aliphatic carbocycles.